The maximum atomic E-state index is 12.3. The minimum absolute atomic E-state index is 0.115. The molecule has 3 rings (SSSR count). The van der Waals surface area contributed by atoms with Gasteiger partial charge in [0.2, 0.25) is 0 Å². The zero-order chi connectivity index (χ0) is 18.4. The van der Waals surface area contributed by atoms with Crippen molar-refractivity contribution in [3.8, 4) is 0 Å². The van der Waals surface area contributed by atoms with Gasteiger partial charge in [-0.15, -0.1) is 0 Å². The Kier molecular flexibility index (Phi) is 6.41. The number of amides is 1. The second kappa shape index (κ2) is 8.96. The van der Waals surface area contributed by atoms with Crippen LogP contribution >= 0.6 is 0 Å². The number of aliphatic hydroxyl groups is 1. The Morgan fingerprint density at radius 1 is 1.35 bits per heavy atom. The Morgan fingerprint density at radius 2 is 2.15 bits per heavy atom. The Hall–Kier alpha value is -2.18. The monoisotopic (exact) mass is 356 g/mol. The van der Waals surface area contributed by atoms with E-state index in [1.165, 1.54) is 11.3 Å². The molecule has 1 amide bonds. The van der Waals surface area contributed by atoms with Crippen LogP contribution in [0.25, 0.3) is 0 Å². The molecule has 0 bridgehead atoms. The lowest BCUT2D eigenvalue weighted by Gasteiger charge is -2.24. The van der Waals surface area contributed by atoms with Crippen LogP contribution in [0.4, 0.5) is 0 Å². The first-order valence-electron chi connectivity index (χ1n) is 9.41. The highest BCUT2D eigenvalue weighted by Gasteiger charge is 2.28. The minimum atomic E-state index is -0.115. The number of aliphatic hydroxyl groups excluding tert-OH is 1. The van der Waals surface area contributed by atoms with Crippen LogP contribution in [0.2, 0.25) is 0 Å². The van der Waals surface area contributed by atoms with Gasteiger partial charge in [-0.1, -0.05) is 30.3 Å². The fourth-order valence-electron chi connectivity index (χ4n) is 3.61. The smallest absolute Gasteiger partial charge is 0.271 e. The fraction of sp³-hybridized carbons (Fsp3) is 0.500. The van der Waals surface area contributed by atoms with Gasteiger partial charge in [-0.05, 0) is 44.2 Å². The highest BCUT2D eigenvalue weighted by Crippen LogP contribution is 2.25. The summed E-state index contributed by atoms with van der Waals surface area (Å²) in [5.41, 5.74) is 4.10. The van der Waals surface area contributed by atoms with Gasteiger partial charge >= 0.3 is 0 Å². The predicted molar refractivity (Wildman–Crippen MR) is 101 cm³/mol. The van der Waals surface area contributed by atoms with Crippen molar-refractivity contribution in [1.82, 2.24) is 20.4 Å². The van der Waals surface area contributed by atoms with Crippen molar-refractivity contribution in [3.63, 3.8) is 0 Å². The normalized spacial score (nSPS) is 16.3. The molecule has 0 saturated heterocycles. The number of rotatable bonds is 8. The van der Waals surface area contributed by atoms with E-state index in [-0.39, 0.29) is 12.5 Å². The molecular formula is C20H28N4O2. The van der Waals surface area contributed by atoms with Gasteiger partial charge in [0.25, 0.3) is 5.91 Å². The lowest BCUT2D eigenvalue weighted by molar-refractivity contribution is 0.0956. The van der Waals surface area contributed by atoms with Crippen molar-refractivity contribution in [3.05, 3.63) is 52.8 Å². The summed E-state index contributed by atoms with van der Waals surface area (Å²) in [5.74, 6) is -0.115. The van der Waals surface area contributed by atoms with Crippen molar-refractivity contribution >= 4 is 5.91 Å². The van der Waals surface area contributed by atoms with Crippen LogP contribution in [0.1, 0.15) is 40.2 Å². The molecule has 1 atom stereocenters. The van der Waals surface area contributed by atoms with Crippen molar-refractivity contribution in [2.24, 2.45) is 0 Å². The molecule has 1 aromatic carbocycles. The van der Waals surface area contributed by atoms with E-state index in [2.05, 4.69) is 27.9 Å². The SMILES string of the molecule is CNC(=O)c1nn(CCc2ccccc2)c2c1C[C@@H](NCCCO)CC2. The van der Waals surface area contributed by atoms with Gasteiger partial charge in [-0.25, -0.2) is 0 Å². The molecule has 0 radical (unpaired) electrons. The van der Waals surface area contributed by atoms with Crippen LogP contribution in [0, 0.1) is 0 Å². The van der Waals surface area contributed by atoms with Gasteiger partial charge in [0.1, 0.15) is 0 Å². The van der Waals surface area contributed by atoms with E-state index < -0.39 is 0 Å². The van der Waals surface area contributed by atoms with Crippen LogP contribution < -0.4 is 10.6 Å². The maximum Gasteiger partial charge on any atom is 0.271 e. The van der Waals surface area contributed by atoms with Crippen molar-refractivity contribution < 1.29 is 9.90 Å². The number of fused-ring (bicyclic) bond motifs is 1. The molecule has 0 unspecified atom stereocenters. The number of carbonyl (C=O) groups is 1. The maximum absolute atomic E-state index is 12.3. The number of nitrogens with zero attached hydrogens (tertiary/aromatic N) is 2. The van der Waals surface area contributed by atoms with E-state index >= 15 is 0 Å². The molecule has 0 fully saturated rings. The summed E-state index contributed by atoms with van der Waals surface area (Å²) in [6.45, 7) is 1.78. The molecule has 2 aromatic rings. The lowest BCUT2D eigenvalue weighted by Crippen LogP contribution is -2.36. The van der Waals surface area contributed by atoms with Gasteiger partial charge in [-0.2, -0.15) is 5.10 Å². The number of aromatic nitrogens is 2. The van der Waals surface area contributed by atoms with Crippen LogP contribution in [-0.2, 0) is 25.8 Å². The van der Waals surface area contributed by atoms with Crippen LogP contribution in [-0.4, -0.2) is 47.0 Å². The van der Waals surface area contributed by atoms with Crippen molar-refractivity contribution in [2.75, 3.05) is 20.2 Å². The molecule has 1 aliphatic rings. The van der Waals surface area contributed by atoms with Gasteiger partial charge in [0.05, 0.1) is 0 Å². The van der Waals surface area contributed by atoms with E-state index in [1.807, 2.05) is 22.9 Å². The zero-order valence-corrected chi connectivity index (χ0v) is 15.4. The van der Waals surface area contributed by atoms with E-state index in [4.69, 9.17) is 5.11 Å². The highest BCUT2D eigenvalue weighted by atomic mass is 16.3. The van der Waals surface area contributed by atoms with Crippen LogP contribution in [0.15, 0.2) is 30.3 Å². The second-order valence-corrected chi connectivity index (χ2v) is 6.78. The first-order valence-corrected chi connectivity index (χ1v) is 9.41. The summed E-state index contributed by atoms with van der Waals surface area (Å²) in [6, 6.07) is 10.7. The topological polar surface area (TPSA) is 79.2 Å². The molecule has 6 heteroatoms. The van der Waals surface area contributed by atoms with Crippen LogP contribution in [0.5, 0.6) is 0 Å². The van der Waals surface area contributed by atoms with E-state index in [9.17, 15) is 4.79 Å². The van der Waals surface area contributed by atoms with E-state index in [1.54, 1.807) is 7.05 Å². The van der Waals surface area contributed by atoms with Gasteiger partial charge in [0, 0.05) is 37.5 Å². The highest BCUT2D eigenvalue weighted by molar-refractivity contribution is 5.93. The molecule has 26 heavy (non-hydrogen) atoms. The fourth-order valence-corrected chi connectivity index (χ4v) is 3.61. The number of carbonyl (C=O) groups excluding carboxylic acids is 1. The standard InChI is InChI=1S/C20H28N4O2/c1-21-20(26)19-17-14-16(22-11-5-13-25)8-9-18(17)24(23-19)12-10-15-6-3-2-4-7-15/h2-4,6-7,16,22,25H,5,8-14H2,1H3,(H,21,26)/t16-/m0/s1. The Labute approximate surface area is 154 Å². The number of benzene rings is 1. The number of aryl methyl sites for hydroxylation is 2. The molecule has 6 nitrogen and oxygen atoms in total. The van der Waals surface area contributed by atoms with Gasteiger partial charge in [-0.3, -0.25) is 9.48 Å². The summed E-state index contributed by atoms with van der Waals surface area (Å²) in [4.78, 5) is 12.3. The first kappa shape index (κ1) is 18.6. The molecule has 1 aliphatic carbocycles. The molecule has 140 valence electrons. The molecule has 3 N–H and O–H groups in total. The van der Waals surface area contributed by atoms with Crippen molar-refractivity contribution in [1.29, 1.82) is 0 Å². The largest absolute Gasteiger partial charge is 0.396 e. The number of hydrogen-bond donors (Lipinski definition) is 3. The van der Waals surface area contributed by atoms with E-state index in [0.29, 0.717) is 11.7 Å². The average molecular weight is 356 g/mol. The van der Waals surface area contributed by atoms with Crippen molar-refractivity contribution in [2.45, 2.75) is 44.7 Å². The third kappa shape index (κ3) is 4.31. The molecule has 0 aliphatic heterocycles. The first-order chi connectivity index (χ1) is 12.7. The Balaban J connectivity index is 1.76. The zero-order valence-electron chi connectivity index (χ0n) is 15.4. The number of nitrogens with one attached hydrogen (secondary N) is 2. The summed E-state index contributed by atoms with van der Waals surface area (Å²) in [5, 5.41) is 19.8. The number of hydrogen-bond acceptors (Lipinski definition) is 4. The van der Waals surface area contributed by atoms with Crippen LogP contribution in [0.3, 0.4) is 0 Å². The third-order valence-corrected chi connectivity index (χ3v) is 5.01. The summed E-state index contributed by atoms with van der Waals surface area (Å²) in [7, 11) is 1.65. The quantitative estimate of drug-likeness (QED) is 0.623. The molecule has 0 spiro atoms. The van der Waals surface area contributed by atoms with Gasteiger partial charge in [0.15, 0.2) is 5.69 Å². The van der Waals surface area contributed by atoms with E-state index in [0.717, 1.165) is 50.8 Å². The second-order valence-electron chi connectivity index (χ2n) is 6.78. The predicted octanol–water partition coefficient (Wildman–Crippen LogP) is 1.31. The summed E-state index contributed by atoms with van der Waals surface area (Å²) >= 11 is 0. The minimum Gasteiger partial charge on any atom is -0.396 e. The van der Waals surface area contributed by atoms with Gasteiger partial charge < -0.3 is 15.7 Å². The molecule has 1 heterocycles. The summed E-state index contributed by atoms with van der Waals surface area (Å²) < 4.78 is 2.02. The lowest BCUT2D eigenvalue weighted by atomic mass is 9.91. The molecule has 1 aromatic heterocycles. The Morgan fingerprint density at radius 3 is 2.88 bits per heavy atom. The average Bonchev–Trinajstić information content (AvgIpc) is 3.05. The summed E-state index contributed by atoms with van der Waals surface area (Å²) in [6.07, 6.45) is 4.42. The third-order valence-electron chi connectivity index (χ3n) is 5.01. The Bertz CT molecular complexity index is 727. The molecule has 0 saturated carbocycles. The molecular weight excluding hydrogens is 328 g/mol.